The van der Waals surface area contributed by atoms with Gasteiger partial charge in [0.15, 0.2) is 5.96 Å². The molecule has 694 valence electrons. The topological polar surface area (TPSA) is 689 Å². The number of amides is 13. The number of azide groups is 1. The molecule has 26 N–H and O–H groups in total. The average Bonchev–Trinajstić information content (AvgIpc) is 1.79. The SMILES string of the molecule is CCOCCOCCOCCOCCOCCOCCC(=O)N[C@@H](CSSC[C@H](NC(=O)[C@@H](NC(=O)[C@H](CCCCN)NC(=O)[C@H](CCCN=C(N)N)NC(=O)[C@H](CCCCN)NC(=O)[C@H](CCCCN)NC(=O)[C@H](CCCCN)NC(=O)[C@@H]1CCCN1C(=O)COCCOCCNC(=O)[C@H](CCCCN=[N+]=[N-])NC(C)=O)C(C)C)C(N)=O)C(N)=O. The molecule has 0 unspecified atom stereocenters. The molecule has 10 atom stereocenters. The molecule has 0 aliphatic carbocycles. The minimum absolute atomic E-state index is 0.00315. The van der Waals surface area contributed by atoms with Crippen molar-refractivity contribution in [2.45, 2.75) is 217 Å². The minimum Gasteiger partial charge on any atom is -0.379 e. The first-order valence-corrected chi connectivity index (χ1v) is 44.3. The molecule has 13 amide bonds. The zero-order valence-electron chi connectivity index (χ0n) is 71.1. The number of guanidine groups is 1. The number of nitrogens with one attached hydrogen (secondary N) is 10. The monoisotopic (exact) mass is 1760 g/mol. The number of ether oxygens (including phenoxy) is 8. The molecule has 121 heavy (non-hydrogen) atoms. The van der Waals surface area contributed by atoms with Gasteiger partial charge in [-0.1, -0.05) is 47.0 Å². The highest BCUT2D eigenvalue weighted by molar-refractivity contribution is 8.76. The Hall–Kier alpha value is -8.09. The van der Waals surface area contributed by atoms with Crippen LogP contribution in [0.3, 0.4) is 0 Å². The number of hydrogen-bond donors (Lipinski definition) is 18. The number of nitrogens with zero attached hydrogens (tertiary/aromatic N) is 5. The van der Waals surface area contributed by atoms with Crippen LogP contribution < -0.4 is 99.0 Å². The summed E-state index contributed by atoms with van der Waals surface area (Å²) in [6, 6.07) is -12.2. The Labute approximate surface area is 717 Å². The van der Waals surface area contributed by atoms with Gasteiger partial charge in [0.25, 0.3) is 0 Å². The van der Waals surface area contributed by atoms with E-state index >= 15 is 0 Å². The van der Waals surface area contributed by atoms with Gasteiger partial charge in [0, 0.05) is 62.5 Å². The predicted octanol–water partition coefficient (Wildman–Crippen LogP) is -3.92. The fourth-order valence-electron chi connectivity index (χ4n) is 11.8. The molecule has 1 aliphatic heterocycles. The van der Waals surface area contributed by atoms with Gasteiger partial charge >= 0.3 is 0 Å². The number of carbonyl (C=O) groups excluding carboxylic acids is 13. The third kappa shape index (κ3) is 54.2. The van der Waals surface area contributed by atoms with Crippen LogP contribution in [0.1, 0.15) is 156 Å². The molecule has 46 heteroatoms. The van der Waals surface area contributed by atoms with Gasteiger partial charge in [-0.15, -0.1) is 0 Å². The summed E-state index contributed by atoms with van der Waals surface area (Å²) in [5.41, 5.74) is 54.6. The van der Waals surface area contributed by atoms with Crippen molar-refractivity contribution < 1.29 is 100 Å². The maximum atomic E-state index is 14.7. The van der Waals surface area contributed by atoms with Gasteiger partial charge in [0.2, 0.25) is 76.8 Å². The summed E-state index contributed by atoms with van der Waals surface area (Å²) in [6.45, 7) is 12.3. The molecule has 0 aromatic rings. The lowest BCUT2D eigenvalue weighted by Gasteiger charge is -2.29. The van der Waals surface area contributed by atoms with E-state index in [0.717, 1.165) is 21.6 Å². The maximum absolute atomic E-state index is 14.7. The van der Waals surface area contributed by atoms with Crippen LogP contribution in [0.15, 0.2) is 10.1 Å². The molecule has 0 aromatic heterocycles. The Morgan fingerprint density at radius 1 is 0.446 bits per heavy atom. The number of likely N-dealkylation sites (tertiary alicyclic amines) is 1. The number of carbonyl (C=O) groups is 13. The molecular formula is C75H141N23O21S2. The summed E-state index contributed by atoms with van der Waals surface area (Å²) in [7, 11) is 2.12. The van der Waals surface area contributed by atoms with Crippen molar-refractivity contribution in [3.05, 3.63) is 10.4 Å². The highest BCUT2D eigenvalue weighted by Crippen LogP contribution is 2.24. The number of rotatable bonds is 77. The number of primary amides is 2. The Morgan fingerprint density at radius 2 is 0.835 bits per heavy atom. The van der Waals surface area contributed by atoms with E-state index < -0.39 is 144 Å². The number of aliphatic imine (C=N–C) groups is 1. The maximum Gasteiger partial charge on any atom is 0.249 e. The van der Waals surface area contributed by atoms with E-state index in [9.17, 15) is 62.3 Å². The van der Waals surface area contributed by atoms with E-state index in [4.69, 9.17) is 89.3 Å². The van der Waals surface area contributed by atoms with E-state index in [1.165, 1.54) is 11.8 Å². The van der Waals surface area contributed by atoms with Gasteiger partial charge in [-0.25, -0.2) is 0 Å². The third-order valence-corrected chi connectivity index (χ3v) is 20.8. The highest BCUT2D eigenvalue weighted by atomic mass is 33.1. The summed E-state index contributed by atoms with van der Waals surface area (Å²) in [5, 5.41) is 30.5. The molecule has 0 radical (unpaired) electrons. The van der Waals surface area contributed by atoms with Gasteiger partial charge in [-0.2, -0.15) is 0 Å². The molecule has 1 fully saturated rings. The van der Waals surface area contributed by atoms with E-state index in [2.05, 4.69) is 68.2 Å². The zero-order chi connectivity index (χ0) is 89.8. The molecule has 0 spiro atoms. The molecule has 1 saturated heterocycles. The summed E-state index contributed by atoms with van der Waals surface area (Å²) >= 11 is 0. The van der Waals surface area contributed by atoms with Crippen LogP contribution in [0.25, 0.3) is 10.4 Å². The van der Waals surface area contributed by atoms with Crippen LogP contribution in [0.2, 0.25) is 0 Å². The Kier molecular flexibility index (Phi) is 65.4. The van der Waals surface area contributed by atoms with Crippen molar-refractivity contribution in [2.75, 3.05) is 170 Å². The summed E-state index contributed by atoms with van der Waals surface area (Å²) < 4.78 is 43.7. The molecule has 0 aromatic carbocycles. The van der Waals surface area contributed by atoms with Crippen molar-refractivity contribution in [1.29, 1.82) is 0 Å². The standard InChI is InChI=1S/C75H141N23O21S2/c1-5-112-36-37-115-40-41-117-44-45-118-43-42-116-39-38-113-34-25-62(100)89-59(65(80)102)49-120-121-50-60(66(81)103)95-74(111)64(51(2)3)96-72(109)57(21-9-14-29-79)92-71(108)58(23-16-30-86-75(82)83)93-69(106)55(19-7-12-27-77)90-68(105)54(18-6-11-26-76)91-70(107)56(20-8-13-28-78)94-73(110)61-24-17-33-98(61)63(101)48-119-47-46-114-35-32-85-67(104)53(88-52(4)99)22-10-15-31-87-97-84/h51,53-61,64H,5-50,76-79H2,1-4H3,(H2,80,102)(H2,81,103)(H,85,104)(H,88,99)(H,89,100)(H,90,105)(H,91,107)(H,92,108)(H,93,106)(H,94,110)(H,95,111)(H,96,109)(H4,82,83,86)/t53-,54-,55-,56-,57-,58-,59-,60-,61-,64-/m0/s1. The second-order valence-electron chi connectivity index (χ2n) is 28.6. The van der Waals surface area contributed by atoms with Gasteiger partial charge < -0.3 is 142 Å². The second-order valence-corrected chi connectivity index (χ2v) is 31.1. The van der Waals surface area contributed by atoms with E-state index in [0.29, 0.717) is 137 Å². The summed E-state index contributed by atoms with van der Waals surface area (Å²) in [4.78, 5) is 185. The van der Waals surface area contributed by atoms with E-state index in [-0.39, 0.29) is 167 Å². The zero-order valence-corrected chi connectivity index (χ0v) is 72.8. The lowest BCUT2D eigenvalue weighted by molar-refractivity contribution is -0.143. The first kappa shape index (κ1) is 111. The van der Waals surface area contributed by atoms with Crippen molar-refractivity contribution in [1.82, 2.24) is 58.1 Å². The van der Waals surface area contributed by atoms with Crippen LogP contribution in [-0.2, 0) is 100 Å². The lowest BCUT2D eigenvalue weighted by Crippen LogP contribution is -2.60. The largest absolute Gasteiger partial charge is 0.379 e. The van der Waals surface area contributed by atoms with Crippen LogP contribution in [0.5, 0.6) is 0 Å². The predicted molar refractivity (Wildman–Crippen MR) is 455 cm³/mol. The first-order valence-electron chi connectivity index (χ1n) is 41.8. The quantitative estimate of drug-likeness (QED) is 0.00526. The molecule has 0 saturated carbocycles. The molecule has 44 nitrogen and oxygen atoms in total. The molecule has 1 heterocycles. The van der Waals surface area contributed by atoms with Crippen LogP contribution in [0.4, 0.5) is 0 Å². The smallest absolute Gasteiger partial charge is 0.249 e. The van der Waals surface area contributed by atoms with Crippen molar-refractivity contribution in [2.24, 2.45) is 61.9 Å². The lowest BCUT2D eigenvalue weighted by atomic mass is 10.0. The molecule has 1 rings (SSSR count). The average molecular weight is 1770 g/mol. The van der Waals surface area contributed by atoms with E-state index in [1.54, 1.807) is 13.8 Å². The first-order chi connectivity index (χ1) is 58.2. The van der Waals surface area contributed by atoms with E-state index in [1.807, 2.05) is 6.92 Å². The Bertz CT molecular complexity index is 3080. The van der Waals surface area contributed by atoms with Crippen molar-refractivity contribution >= 4 is 104 Å². The van der Waals surface area contributed by atoms with Crippen LogP contribution in [0, 0.1) is 5.92 Å². The highest BCUT2D eigenvalue weighted by Gasteiger charge is 2.39. The van der Waals surface area contributed by atoms with Crippen molar-refractivity contribution in [3.63, 3.8) is 0 Å². The van der Waals surface area contributed by atoms with Crippen LogP contribution in [-0.4, -0.2) is 318 Å². The van der Waals surface area contributed by atoms with Crippen LogP contribution >= 0.6 is 21.6 Å². The number of unbranched alkanes of at least 4 members (excludes halogenated alkanes) is 5. The summed E-state index contributed by atoms with van der Waals surface area (Å²) in [5.74, 6) is -10.0. The fraction of sp³-hybridized carbons (Fsp3) is 0.813. The van der Waals surface area contributed by atoms with Gasteiger partial charge in [-0.3, -0.25) is 67.3 Å². The Balaban J connectivity index is 3.21. The van der Waals surface area contributed by atoms with Gasteiger partial charge in [-0.05, 0) is 160 Å². The fourth-order valence-corrected chi connectivity index (χ4v) is 14.1. The minimum atomic E-state index is -1.42. The van der Waals surface area contributed by atoms with Gasteiger partial charge in [0.1, 0.15) is 67.0 Å². The van der Waals surface area contributed by atoms with Gasteiger partial charge in [0.05, 0.1) is 92.5 Å². The molecule has 1 aliphatic rings. The third-order valence-electron chi connectivity index (χ3n) is 18.4. The van der Waals surface area contributed by atoms with Crippen molar-refractivity contribution in [3.8, 4) is 0 Å². The normalized spacial score (nSPS) is 14.7. The molecule has 0 bridgehead atoms. The molecular weight excluding hydrogens is 1620 g/mol. The number of nitrogens with two attached hydrogens (primary N) is 8. The Morgan fingerprint density at radius 3 is 1.26 bits per heavy atom. The second kappa shape index (κ2) is 71.3. The summed E-state index contributed by atoms with van der Waals surface area (Å²) in [6.07, 6.45) is 5.22. The number of hydrogen-bond acceptors (Lipinski definition) is 29.